The summed E-state index contributed by atoms with van der Waals surface area (Å²) < 4.78 is 6.77. The zero-order valence-corrected chi connectivity index (χ0v) is 18.3. The molecule has 0 aliphatic carbocycles. The summed E-state index contributed by atoms with van der Waals surface area (Å²) in [6.07, 6.45) is 0. The number of thioether (sulfide) groups is 1. The number of methoxy groups -OCH3 is 1. The van der Waals surface area contributed by atoms with Gasteiger partial charge in [-0.2, -0.15) is 0 Å². The molecule has 1 heterocycles. The van der Waals surface area contributed by atoms with Crippen molar-refractivity contribution in [2.24, 2.45) is 0 Å². The van der Waals surface area contributed by atoms with Gasteiger partial charge in [-0.25, -0.2) is 4.98 Å². The molecule has 0 bridgehead atoms. The maximum atomic E-state index is 13.1. The lowest BCUT2D eigenvalue weighted by molar-refractivity contribution is 0.0993. The Morgan fingerprint density at radius 2 is 1.83 bits per heavy atom. The molecule has 0 aliphatic heterocycles. The average Bonchev–Trinajstić information content (AvgIpc) is 2.70. The first-order valence-corrected chi connectivity index (χ1v) is 10.5. The largest absolute Gasteiger partial charge is 0.383 e. The Bertz CT molecular complexity index is 1120. The first-order chi connectivity index (χ1) is 13.8. The normalized spacial score (nSPS) is 12.3. The standard InChI is InChI=1S/C23H26N2O3S/c1-14-12-16(3)19(13-15(14)2)21(26)17(4)29-23-24-20-9-7-6-8-18(20)22(27)25(23)10-11-28-5/h6-9,12-13,17H,10-11H2,1-5H3/t17-/m0/s1. The number of aryl methyl sites for hydroxylation is 3. The fourth-order valence-electron chi connectivity index (χ4n) is 3.27. The predicted molar refractivity (Wildman–Crippen MR) is 118 cm³/mol. The number of benzene rings is 2. The second-order valence-electron chi connectivity index (χ2n) is 7.24. The molecule has 0 fully saturated rings. The third kappa shape index (κ3) is 4.43. The Morgan fingerprint density at radius 3 is 2.55 bits per heavy atom. The van der Waals surface area contributed by atoms with Crippen molar-refractivity contribution in [3.63, 3.8) is 0 Å². The van der Waals surface area contributed by atoms with E-state index in [4.69, 9.17) is 4.74 Å². The number of nitrogens with zero attached hydrogens (tertiary/aromatic N) is 2. The number of carbonyl (C=O) groups is 1. The topological polar surface area (TPSA) is 61.2 Å². The smallest absolute Gasteiger partial charge is 0.262 e. The van der Waals surface area contributed by atoms with Gasteiger partial charge < -0.3 is 4.74 Å². The minimum Gasteiger partial charge on any atom is -0.383 e. The number of carbonyl (C=O) groups excluding carboxylic acids is 1. The van der Waals surface area contributed by atoms with Crippen LogP contribution in [-0.4, -0.2) is 34.3 Å². The summed E-state index contributed by atoms with van der Waals surface area (Å²) in [5.74, 6) is 0.0382. The molecule has 0 N–H and O–H groups in total. The van der Waals surface area contributed by atoms with E-state index >= 15 is 0 Å². The maximum absolute atomic E-state index is 13.1. The second-order valence-corrected chi connectivity index (χ2v) is 8.54. The van der Waals surface area contributed by atoms with E-state index in [0.29, 0.717) is 29.2 Å². The number of ether oxygens (including phenoxy) is 1. The number of rotatable bonds is 7. The summed E-state index contributed by atoms with van der Waals surface area (Å²) in [7, 11) is 1.60. The Kier molecular flexibility index (Phi) is 6.55. The predicted octanol–water partition coefficient (Wildman–Crippen LogP) is 4.33. The molecule has 29 heavy (non-hydrogen) atoms. The molecule has 5 nitrogen and oxygen atoms in total. The minimum absolute atomic E-state index is 0.0382. The third-order valence-corrected chi connectivity index (χ3v) is 6.19. The summed E-state index contributed by atoms with van der Waals surface area (Å²) in [6, 6.07) is 11.3. The highest BCUT2D eigenvalue weighted by Gasteiger charge is 2.22. The summed E-state index contributed by atoms with van der Waals surface area (Å²) in [5.41, 5.74) is 4.47. The van der Waals surface area contributed by atoms with Gasteiger partial charge in [0.1, 0.15) is 0 Å². The molecule has 3 aromatic rings. The van der Waals surface area contributed by atoms with Crippen LogP contribution < -0.4 is 5.56 Å². The van der Waals surface area contributed by atoms with Crippen molar-refractivity contribution in [1.29, 1.82) is 0 Å². The Labute approximate surface area is 175 Å². The molecule has 0 aliphatic rings. The zero-order chi connectivity index (χ0) is 21.1. The van der Waals surface area contributed by atoms with Crippen molar-refractivity contribution in [2.75, 3.05) is 13.7 Å². The lowest BCUT2D eigenvalue weighted by atomic mass is 9.97. The molecule has 152 valence electrons. The molecule has 0 radical (unpaired) electrons. The minimum atomic E-state index is -0.377. The molecular weight excluding hydrogens is 384 g/mol. The lowest BCUT2D eigenvalue weighted by Gasteiger charge is -2.17. The van der Waals surface area contributed by atoms with Gasteiger partial charge in [-0.05, 0) is 62.6 Å². The number of Topliss-reactive ketones (excluding diaryl/α,β-unsaturated/α-hetero) is 1. The van der Waals surface area contributed by atoms with Crippen molar-refractivity contribution in [3.8, 4) is 0 Å². The van der Waals surface area contributed by atoms with Gasteiger partial charge in [0.25, 0.3) is 5.56 Å². The monoisotopic (exact) mass is 410 g/mol. The number of para-hydroxylation sites is 1. The average molecular weight is 411 g/mol. The molecule has 2 aromatic carbocycles. The number of ketones is 1. The fraction of sp³-hybridized carbons (Fsp3) is 0.348. The molecule has 1 aromatic heterocycles. The number of hydrogen-bond donors (Lipinski definition) is 0. The Morgan fingerprint density at radius 1 is 1.14 bits per heavy atom. The van der Waals surface area contributed by atoms with Crippen molar-refractivity contribution >= 4 is 28.4 Å². The lowest BCUT2D eigenvalue weighted by Crippen LogP contribution is -2.26. The highest BCUT2D eigenvalue weighted by Crippen LogP contribution is 2.27. The van der Waals surface area contributed by atoms with Crippen LogP contribution in [0, 0.1) is 20.8 Å². The van der Waals surface area contributed by atoms with Gasteiger partial charge in [0.05, 0.1) is 29.3 Å². The number of hydrogen-bond acceptors (Lipinski definition) is 5. The van der Waals surface area contributed by atoms with E-state index in [9.17, 15) is 9.59 Å². The van der Waals surface area contributed by atoms with E-state index < -0.39 is 0 Å². The number of aromatic nitrogens is 2. The van der Waals surface area contributed by atoms with Gasteiger partial charge >= 0.3 is 0 Å². The van der Waals surface area contributed by atoms with E-state index in [2.05, 4.69) is 4.98 Å². The first-order valence-electron chi connectivity index (χ1n) is 9.60. The quantitative estimate of drug-likeness (QED) is 0.330. The van der Waals surface area contributed by atoms with Crippen molar-refractivity contribution < 1.29 is 9.53 Å². The van der Waals surface area contributed by atoms with Crippen molar-refractivity contribution in [3.05, 3.63) is 69.0 Å². The van der Waals surface area contributed by atoms with Crippen LogP contribution in [0.3, 0.4) is 0 Å². The van der Waals surface area contributed by atoms with E-state index in [-0.39, 0.29) is 16.6 Å². The molecule has 0 saturated heterocycles. The van der Waals surface area contributed by atoms with Gasteiger partial charge in [0, 0.05) is 12.7 Å². The zero-order valence-electron chi connectivity index (χ0n) is 17.5. The highest BCUT2D eigenvalue weighted by atomic mass is 32.2. The SMILES string of the molecule is COCCn1c(S[C@@H](C)C(=O)c2cc(C)c(C)cc2C)nc2ccccc2c1=O. The molecular formula is C23H26N2O3S. The summed E-state index contributed by atoms with van der Waals surface area (Å²) >= 11 is 1.32. The Hall–Kier alpha value is -2.44. The van der Waals surface area contributed by atoms with Crippen LogP contribution in [0.2, 0.25) is 0 Å². The van der Waals surface area contributed by atoms with Crippen molar-refractivity contribution in [1.82, 2.24) is 9.55 Å². The van der Waals surface area contributed by atoms with E-state index in [0.717, 1.165) is 16.7 Å². The van der Waals surface area contributed by atoms with Gasteiger partial charge in [-0.3, -0.25) is 14.2 Å². The van der Waals surface area contributed by atoms with Crippen LogP contribution >= 0.6 is 11.8 Å². The van der Waals surface area contributed by atoms with Gasteiger partial charge in [0.2, 0.25) is 0 Å². The van der Waals surface area contributed by atoms with Crippen LogP contribution in [0.1, 0.15) is 34.0 Å². The van der Waals surface area contributed by atoms with E-state index in [1.807, 2.05) is 58.0 Å². The van der Waals surface area contributed by atoms with Crippen molar-refractivity contribution in [2.45, 2.75) is 44.6 Å². The van der Waals surface area contributed by atoms with Crippen LogP contribution in [0.15, 0.2) is 46.3 Å². The van der Waals surface area contributed by atoms with Gasteiger partial charge in [-0.15, -0.1) is 0 Å². The Balaban J connectivity index is 1.99. The summed E-state index contributed by atoms with van der Waals surface area (Å²) in [6.45, 7) is 8.66. The van der Waals surface area contributed by atoms with E-state index in [1.165, 1.54) is 17.3 Å². The molecule has 0 amide bonds. The maximum Gasteiger partial charge on any atom is 0.262 e. The van der Waals surface area contributed by atoms with Crippen LogP contribution in [0.5, 0.6) is 0 Å². The van der Waals surface area contributed by atoms with E-state index in [1.54, 1.807) is 17.7 Å². The summed E-state index contributed by atoms with van der Waals surface area (Å²) in [4.78, 5) is 30.8. The molecule has 0 unspecified atom stereocenters. The molecule has 1 atom stereocenters. The molecule has 3 rings (SSSR count). The number of fused-ring (bicyclic) bond motifs is 1. The summed E-state index contributed by atoms with van der Waals surface area (Å²) in [5, 5.41) is 0.725. The van der Waals surface area contributed by atoms with Crippen LogP contribution in [0.4, 0.5) is 0 Å². The van der Waals surface area contributed by atoms with Crippen LogP contribution in [-0.2, 0) is 11.3 Å². The highest BCUT2D eigenvalue weighted by molar-refractivity contribution is 8.00. The first kappa shape index (κ1) is 21.3. The molecule has 0 spiro atoms. The second kappa shape index (κ2) is 8.93. The van der Waals surface area contributed by atoms with Gasteiger partial charge in [-0.1, -0.05) is 30.0 Å². The molecule has 0 saturated carbocycles. The van der Waals surface area contributed by atoms with Gasteiger partial charge in [0.15, 0.2) is 10.9 Å². The third-order valence-electron chi connectivity index (χ3n) is 5.10. The fourth-order valence-corrected chi connectivity index (χ4v) is 4.28. The molecule has 6 heteroatoms. The van der Waals surface area contributed by atoms with Crippen LogP contribution in [0.25, 0.3) is 10.9 Å².